The van der Waals surface area contributed by atoms with E-state index in [0.29, 0.717) is 11.4 Å². The van der Waals surface area contributed by atoms with Crippen LogP contribution in [0.1, 0.15) is 38.7 Å². The van der Waals surface area contributed by atoms with E-state index in [-0.39, 0.29) is 26.7 Å². The number of likely N-dealkylation sites (N-methyl/N-ethyl adjacent to an activating group) is 1. The molecule has 1 aromatic carbocycles. The third kappa shape index (κ3) is 2.90. The normalized spacial score (nSPS) is 22.9. The topological polar surface area (TPSA) is 29.1 Å². The van der Waals surface area contributed by atoms with Crippen molar-refractivity contribution in [1.82, 2.24) is 5.32 Å². The number of nitrogens with one attached hydrogen (secondary N) is 1. The zero-order chi connectivity index (χ0) is 11.6. The number of ketones is 1. The second kappa shape index (κ2) is 7.17. The lowest BCUT2D eigenvalue weighted by molar-refractivity contribution is -0.127. The van der Waals surface area contributed by atoms with E-state index in [4.69, 9.17) is 11.6 Å². The van der Waals surface area contributed by atoms with E-state index in [9.17, 15) is 4.79 Å². The summed E-state index contributed by atoms with van der Waals surface area (Å²) in [5.41, 5.74) is 0.361. The van der Waals surface area contributed by atoms with Crippen molar-refractivity contribution in [2.75, 3.05) is 7.05 Å². The Bertz CT molecular complexity index is 411. The molecule has 4 heteroatoms. The number of hydrogen-bond donors (Lipinski definition) is 1. The van der Waals surface area contributed by atoms with Gasteiger partial charge in [-0.05, 0) is 31.5 Å². The zero-order valence-electron chi connectivity index (χ0n) is 9.92. The molecule has 1 atom stereocenters. The van der Waals surface area contributed by atoms with Crippen LogP contribution in [-0.2, 0) is 10.3 Å². The van der Waals surface area contributed by atoms with Gasteiger partial charge < -0.3 is 5.32 Å². The van der Waals surface area contributed by atoms with Crippen molar-refractivity contribution in [3.8, 4) is 0 Å². The van der Waals surface area contributed by atoms with Gasteiger partial charge in [0.2, 0.25) is 0 Å². The number of benzene rings is 1. The molecule has 1 N–H and O–H groups in total. The van der Waals surface area contributed by atoms with E-state index in [1.165, 1.54) is 0 Å². The minimum absolute atomic E-state index is 0. The molecule has 102 valence electrons. The molecule has 0 radical (unpaired) electrons. The van der Waals surface area contributed by atoms with E-state index in [0.717, 1.165) is 24.8 Å². The Morgan fingerprint density at radius 1 is 1.28 bits per heavy atom. The first-order valence-electron chi connectivity index (χ1n) is 5.68. The quantitative estimate of drug-likeness (QED) is 0.900. The van der Waals surface area contributed by atoms with Gasteiger partial charge in [0, 0.05) is 11.4 Å². The largest absolute Gasteiger partial charge is 0.304 e. The Morgan fingerprint density at radius 3 is 2.50 bits per heavy atom. The summed E-state index contributed by atoms with van der Waals surface area (Å²) in [6.07, 6.45) is 3.54. The maximum atomic E-state index is 12.2. The fraction of sp³-hybridized carbons (Fsp3) is 0.500. The molecule has 1 aromatic rings. The third-order valence-electron chi connectivity index (χ3n) is 3.44. The summed E-state index contributed by atoms with van der Waals surface area (Å²) in [5.74, 6) is 0.259. The monoisotopic (exact) mass is 287 g/mol. The highest BCUT2D eigenvalue weighted by atomic mass is 35.5. The molecule has 2 rings (SSSR count). The second-order valence-electron chi connectivity index (χ2n) is 4.27. The maximum Gasteiger partial charge on any atom is 0.157 e. The van der Waals surface area contributed by atoms with Gasteiger partial charge in [-0.2, -0.15) is 13.5 Å². The van der Waals surface area contributed by atoms with Crippen LogP contribution in [0.4, 0.5) is 0 Å². The number of rotatable bonds is 2. The molecule has 0 saturated heterocycles. The lowest BCUT2D eigenvalue weighted by Gasteiger charge is -2.36. The molecule has 0 aliphatic heterocycles. The minimum atomic E-state index is -0.559. The Kier molecular flexibility index (Phi) is 6.97. The number of carbonyl (C=O) groups excluding carboxylic acids is 1. The molecule has 1 saturated carbocycles. The van der Waals surface area contributed by atoms with Crippen molar-refractivity contribution in [3.05, 3.63) is 34.9 Å². The first-order chi connectivity index (χ1) is 7.70. The molecule has 18 heavy (non-hydrogen) atoms. The lowest BCUT2D eigenvalue weighted by atomic mass is 9.75. The fourth-order valence-electron chi connectivity index (χ4n) is 2.52. The van der Waals surface area contributed by atoms with Gasteiger partial charge in [-0.3, -0.25) is 4.79 Å². The van der Waals surface area contributed by atoms with Crippen LogP contribution >= 0.6 is 25.1 Å². The molecule has 1 fully saturated rings. The Labute approximate surface area is 122 Å². The van der Waals surface area contributed by atoms with E-state index in [1.54, 1.807) is 0 Å². The van der Waals surface area contributed by atoms with Gasteiger partial charge in [-0.1, -0.05) is 43.6 Å². The van der Waals surface area contributed by atoms with Crippen molar-refractivity contribution in [2.45, 2.75) is 38.6 Å². The van der Waals surface area contributed by atoms with Crippen LogP contribution in [0, 0.1) is 0 Å². The summed E-state index contributed by atoms with van der Waals surface area (Å²) < 4.78 is 0. The molecule has 1 aliphatic carbocycles. The van der Waals surface area contributed by atoms with Crippen molar-refractivity contribution in [3.63, 3.8) is 0 Å². The molecule has 2 nitrogen and oxygen atoms in total. The SMILES string of the molecule is C.CN[C@]1(c2ccccc2Cl)CCCCC1=O.S. The molecule has 1 aliphatic rings. The first kappa shape index (κ1) is 17.5. The molecule has 0 spiro atoms. The van der Waals surface area contributed by atoms with Crippen LogP contribution in [-0.4, -0.2) is 12.8 Å². The van der Waals surface area contributed by atoms with E-state index >= 15 is 0 Å². The zero-order valence-corrected chi connectivity index (χ0v) is 11.7. The molecule has 0 heterocycles. The van der Waals surface area contributed by atoms with Crippen LogP contribution in [0.2, 0.25) is 5.02 Å². The number of halogens is 1. The van der Waals surface area contributed by atoms with Gasteiger partial charge in [0.05, 0.1) is 0 Å². The summed E-state index contributed by atoms with van der Waals surface area (Å²) in [4.78, 5) is 12.2. The highest BCUT2D eigenvalue weighted by Crippen LogP contribution is 2.37. The van der Waals surface area contributed by atoms with Gasteiger partial charge >= 0.3 is 0 Å². The fourth-order valence-corrected chi connectivity index (χ4v) is 2.82. The van der Waals surface area contributed by atoms with E-state index in [2.05, 4.69) is 5.32 Å². The van der Waals surface area contributed by atoms with Crippen LogP contribution in [0.3, 0.4) is 0 Å². The maximum absolute atomic E-state index is 12.2. The Morgan fingerprint density at radius 2 is 1.94 bits per heavy atom. The summed E-state index contributed by atoms with van der Waals surface area (Å²) in [7, 11) is 1.84. The van der Waals surface area contributed by atoms with E-state index in [1.807, 2.05) is 31.3 Å². The van der Waals surface area contributed by atoms with E-state index < -0.39 is 5.54 Å². The van der Waals surface area contributed by atoms with Crippen LogP contribution in [0.25, 0.3) is 0 Å². The molecular formula is C14H22ClNOS. The van der Waals surface area contributed by atoms with Crippen LogP contribution in [0.15, 0.2) is 24.3 Å². The van der Waals surface area contributed by atoms with Crippen LogP contribution < -0.4 is 5.32 Å². The predicted octanol–water partition coefficient (Wildman–Crippen LogP) is 3.65. The van der Waals surface area contributed by atoms with Gasteiger partial charge in [-0.25, -0.2) is 0 Å². The molecule has 0 amide bonds. The summed E-state index contributed by atoms with van der Waals surface area (Å²) in [6.45, 7) is 0. The smallest absolute Gasteiger partial charge is 0.157 e. The highest BCUT2D eigenvalue weighted by Gasteiger charge is 2.40. The van der Waals surface area contributed by atoms with Gasteiger partial charge in [0.1, 0.15) is 5.54 Å². The minimum Gasteiger partial charge on any atom is -0.304 e. The third-order valence-corrected chi connectivity index (χ3v) is 3.77. The second-order valence-corrected chi connectivity index (χ2v) is 4.67. The van der Waals surface area contributed by atoms with Crippen molar-refractivity contribution >= 4 is 30.9 Å². The van der Waals surface area contributed by atoms with Crippen LogP contribution in [0.5, 0.6) is 0 Å². The first-order valence-corrected chi connectivity index (χ1v) is 6.06. The van der Waals surface area contributed by atoms with Gasteiger partial charge in [-0.15, -0.1) is 0 Å². The number of carbonyl (C=O) groups is 1. The Balaban J connectivity index is 0.00000144. The van der Waals surface area contributed by atoms with Gasteiger partial charge in [0.15, 0.2) is 5.78 Å². The summed E-state index contributed by atoms with van der Waals surface area (Å²) in [6, 6.07) is 7.62. The molecule has 0 unspecified atom stereocenters. The summed E-state index contributed by atoms with van der Waals surface area (Å²) in [5, 5.41) is 3.86. The average molecular weight is 288 g/mol. The van der Waals surface area contributed by atoms with Gasteiger partial charge in [0.25, 0.3) is 0 Å². The molecular weight excluding hydrogens is 266 g/mol. The number of hydrogen-bond acceptors (Lipinski definition) is 2. The Hall–Kier alpha value is -0.510. The molecule has 0 aromatic heterocycles. The standard InChI is InChI=1S/C13H16ClNO.CH4.H2S/c1-15-13(9-5-4-8-12(13)16)10-6-2-3-7-11(10)14;;/h2-3,6-7,15H,4-5,8-9H2,1H3;1H4;1H2/t13-;;/m0../s1. The predicted molar refractivity (Wildman–Crippen MR) is 82.8 cm³/mol. The highest BCUT2D eigenvalue weighted by molar-refractivity contribution is 7.59. The lowest BCUT2D eigenvalue weighted by Crippen LogP contribution is -2.49. The number of Topliss-reactive ketones (excluding diaryl/α,β-unsaturated/α-hetero) is 1. The van der Waals surface area contributed by atoms with Crippen molar-refractivity contribution in [1.29, 1.82) is 0 Å². The molecule has 0 bridgehead atoms. The summed E-state index contributed by atoms with van der Waals surface area (Å²) >= 11 is 6.20. The van der Waals surface area contributed by atoms with Crippen molar-refractivity contribution < 1.29 is 4.79 Å². The average Bonchev–Trinajstić information content (AvgIpc) is 2.31. The van der Waals surface area contributed by atoms with Crippen molar-refractivity contribution in [2.24, 2.45) is 0 Å².